The molecular formula is C14H26N2O. The molecule has 0 spiro atoms. The second kappa shape index (κ2) is 5.85. The molecule has 0 radical (unpaired) electrons. The summed E-state index contributed by atoms with van der Waals surface area (Å²) in [4.78, 5) is 12.0. The number of carbonyl (C=O) groups excluding carboxylic acids is 1. The summed E-state index contributed by atoms with van der Waals surface area (Å²) in [5.41, 5.74) is 5.75. The van der Waals surface area contributed by atoms with E-state index in [0.717, 1.165) is 31.1 Å². The minimum atomic E-state index is 0.0500. The third kappa shape index (κ3) is 3.98. The van der Waals surface area contributed by atoms with Crippen molar-refractivity contribution in [2.24, 2.45) is 23.5 Å². The minimum absolute atomic E-state index is 0.0500. The predicted octanol–water partition coefficient (Wildman–Crippen LogP) is 2.06. The van der Waals surface area contributed by atoms with Crippen LogP contribution in [0.3, 0.4) is 0 Å². The molecule has 1 atom stereocenters. The van der Waals surface area contributed by atoms with Gasteiger partial charge in [-0.15, -0.1) is 0 Å². The highest BCUT2D eigenvalue weighted by Gasteiger charge is 2.29. The quantitative estimate of drug-likeness (QED) is 0.770. The van der Waals surface area contributed by atoms with Crippen LogP contribution in [0.2, 0.25) is 0 Å². The third-order valence-electron chi connectivity index (χ3n) is 4.33. The number of nitrogens with two attached hydrogens (primary N) is 1. The molecule has 3 N–H and O–H groups in total. The first kappa shape index (κ1) is 12.9. The van der Waals surface area contributed by atoms with Crippen LogP contribution in [0.1, 0.15) is 51.9 Å². The number of rotatable bonds is 5. The van der Waals surface area contributed by atoms with E-state index in [1.807, 2.05) is 0 Å². The van der Waals surface area contributed by atoms with Crippen LogP contribution in [0.4, 0.5) is 0 Å². The molecule has 2 fully saturated rings. The molecule has 0 bridgehead atoms. The molecule has 0 saturated heterocycles. The second-order valence-corrected chi connectivity index (χ2v) is 6.08. The lowest BCUT2D eigenvalue weighted by molar-refractivity contribution is -0.125. The fourth-order valence-corrected chi connectivity index (χ4v) is 2.82. The Hall–Kier alpha value is -0.570. The van der Waals surface area contributed by atoms with Gasteiger partial charge in [-0.3, -0.25) is 4.79 Å². The van der Waals surface area contributed by atoms with Crippen LogP contribution in [0.25, 0.3) is 0 Å². The van der Waals surface area contributed by atoms with Gasteiger partial charge < -0.3 is 11.1 Å². The molecule has 2 aliphatic carbocycles. The van der Waals surface area contributed by atoms with Crippen molar-refractivity contribution in [3.05, 3.63) is 0 Å². The van der Waals surface area contributed by atoms with Crippen molar-refractivity contribution in [1.82, 2.24) is 5.32 Å². The van der Waals surface area contributed by atoms with Crippen molar-refractivity contribution in [3.8, 4) is 0 Å². The summed E-state index contributed by atoms with van der Waals surface area (Å²) in [7, 11) is 0. The fourth-order valence-electron chi connectivity index (χ4n) is 2.82. The summed E-state index contributed by atoms with van der Waals surface area (Å²) in [6.07, 6.45) is 8.54. The highest BCUT2D eigenvalue weighted by atomic mass is 16.2. The fraction of sp³-hybridized carbons (Fsp3) is 0.929. The number of hydrogen-bond acceptors (Lipinski definition) is 2. The molecular weight excluding hydrogens is 212 g/mol. The molecule has 3 heteroatoms. The van der Waals surface area contributed by atoms with Gasteiger partial charge in [0.2, 0.25) is 5.91 Å². The molecule has 1 unspecified atom stereocenters. The standard InChI is InChI=1S/C14H26N2O/c1-10-2-4-11(5-3-10)8-12(9-15)14(17)16-13-6-7-13/h10-13H,2-9,15H2,1H3,(H,16,17). The zero-order valence-electron chi connectivity index (χ0n) is 11.0. The lowest BCUT2D eigenvalue weighted by atomic mass is 9.78. The monoisotopic (exact) mass is 238 g/mol. The molecule has 0 aromatic carbocycles. The molecule has 2 saturated carbocycles. The summed E-state index contributed by atoms with van der Waals surface area (Å²) < 4.78 is 0. The Balaban J connectivity index is 1.75. The Morgan fingerprint density at radius 1 is 1.24 bits per heavy atom. The Morgan fingerprint density at radius 2 is 1.88 bits per heavy atom. The lowest BCUT2D eigenvalue weighted by Gasteiger charge is -2.28. The van der Waals surface area contributed by atoms with E-state index < -0.39 is 0 Å². The number of nitrogens with one attached hydrogen (secondary N) is 1. The summed E-state index contributed by atoms with van der Waals surface area (Å²) in [6.45, 7) is 2.83. The van der Waals surface area contributed by atoms with Gasteiger partial charge in [0, 0.05) is 12.6 Å². The number of carbonyl (C=O) groups is 1. The third-order valence-corrected chi connectivity index (χ3v) is 4.33. The van der Waals surface area contributed by atoms with E-state index in [0.29, 0.717) is 12.6 Å². The maximum Gasteiger partial charge on any atom is 0.224 e. The van der Waals surface area contributed by atoms with E-state index in [2.05, 4.69) is 12.2 Å². The first-order valence-corrected chi connectivity index (χ1v) is 7.19. The van der Waals surface area contributed by atoms with E-state index in [9.17, 15) is 4.79 Å². The van der Waals surface area contributed by atoms with Gasteiger partial charge in [0.25, 0.3) is 0 Å². The second-order valence-electron chi connectivity index (χ2n) is 6.08. The minimum Gasteiger partial charge on any atom is -0.353 e. The summed E-state index contributed by atoms with van der Waals surface area (Å²) in [5.74, 6) is 1.86. The van der Waals surface area contributed by atoms with Gasteiger partial charge in [-0.05, 0) is 31.1 Å². The van der Waals surface area contributed by atoms with Crippen molar-refractivity contribution in [3.63, 3.8) is 0 Å². The molecule has 17 heavy (non-hydrogen) atoms. The van der Waals surface area contributed by atoms with Crippen molar-refractivity contribution in [1.29, 1.82) is 0 Å². The van der Waals surface area contributed by atoms with Gasteiger partial charge in [-0.25, -0.2) is 0 Å². The molecule has 2 aliphatic rings. The van der Waals surface area contributed by atoms with Crippen LogP contribution in [0.5, 0.6) is 0 Å². The summed E-state index contributed by atoms with van der Waals surface area (Å²) >= 11 is 0. The van der Waals surface area contributed by atoms with E-state index in [1.165, 1.54) is 25.7 Å². The predicted molar refractivity (Wildman–Crippen MR) is 69.4 cm³/mol. The maximum absolute atomic E-state index is 12.0. The van der Waals surface area contributed by atoms with Crippen molar-refractivity contribution in [2.75, 3.05) is 6.54 Å². The van der Waals surface area contributed by atoms with E-state index >= 15 is 0 Å². The van der Waals surface area contributed by atoms with Crippen LogP contribution in [0, 0.1) is 17.8 Å². The smallest absolute Gasteiger partial charge is 0.224 e. The largest absolute Gasteiger partial charge is 0.353 e. The zero-order valence-corrected chi connectivity index (χ0v) is 11.0. The van der Waals surface area contributed by atoms with Gasteiger partial charge >= 0.3 is 0 Å². The maximum atomic E-state index is 12.0. The highest BCUT2D eigenvalue weighted by molar-refractivity contribution is 5.79. The average Bonchev–Trinajstić information content (AvgIpc) is 3.12. The van der Waals surface area contributed by atoms with Crippen LogP contribution >= 0.6 is 0 Å². The van der Waals surface area contributed by atoms with E-state index in [-0.39, 0.29) is 11.8 Å². The summed E-state index contributed by atoms with van der Waals surface area (Å²) in [5, 5.41) is 3.08. The van der Waals surface area contributed by atoms with Crippen LogP contribution in [0.15, 0.2) is 0 Å². The van der Waals surface area contributed by atoms with Crippen LogP contribution in [-0.2, 0) is 4.79 Å². The topological polar surface area (TPSA) is 55.1 Å². The van der Waals surface area contributed by atoms with Crippen LogP contribution < -0.4 is 11.1 Å². The van der Waals surface area contributed by atoms with Crippen molar-refractivity contribution in [2.45, 2.75) is 57.9 Å². The zero-order chi connectivity index (χ0) is 12.3. The van der Waals surface area contributed by atoms with Gasteiger partial charge in [-0.2, -0.15) is 0 Å². The highest BCUT2D eigenvalue weighted by Crippen LogP contribution is 2.32. The number of hydrogen-bond donors (Lipinski definition) is 2. The first-order valence-electron chi connectivity index (χ1n) is 7.19. The Kier molecular flexibility index (Phi) is 4.43. The molecule has 98 valence electrons. The number of amides is 1. The van der Waals surface area contributed by atoms with Gasteiger partial charge in [0.05, 0.1) is 5.92 Å². The van der Waals surface area contributed by atoms with E-state index in [1.54, 1.807) is 0 Å². The molecule has 1 amide bonds. The normalized spacial score (nSPS) is 30.9. The van der Waals surface area contributed by atoms with Crippen molar-refractivity contribution >= 4 is 5.91 Å². The molecule has 0 aliphatic heterocycles. The SMILES string of the molecule is CC1CCC(CC(CN)C(=O)NC2CC2)CC1. The summed E-state index contributed by atoms with van der Waals surface area (Å²) in [6, 6.07) is 0.461. The molecule has 2 rings (SSSR count). The van der Waals surface area contributed by atoms with E-state index in [4.69, 9.17) is 5.73 Å². The Morgan fingerprint density at radius 3 is 2.41 bits per heavy atom. The molecule has 0 aromatic rings. The Labute approximate surface area is 105 Å². The molecule has 0 heterocycles. The lowest BCUT2D eigenvalue weighted by Crippen LogP contribution is -2.37. The van der Waals surface area contributed by atoms with Crippen LogP contribution in [-0.4, -0.2) is 18.5 Å². The Bertz CT molecular complexity index is 255. The average molecular weight is 238 g/mol. The molecule has 3 nitrogen and oxygen atoms in total. The van der Waals surface area contributed by atoms with Gasteiger partial charge in [-0.1, -0.05) is 32.6 Å². The van der Waals surface area contributed by atoms with Gasteiger partial charge in [0.15, 0.2) is 0 Å². The van der Waals surface area contributed by atoms with Gasteiger partial charge in [0.1, 0.15) is 0 Å². The van der Waals surface area contributed by atoms with Crippen molar-refractivity contribution < 1.29 is 4.79 Å². The first-order chi connectivity index (χ1) is 8.19. The molecule has 0 aromatic heterocycles.